The Kier molecular flexibility index (Phi) is 4.98. The zero-order valence-corrected chi connectivity index (χ0v) is 12.9. The number of hydrazine groups is 1. The quantitative estimate of drug-likeness (QED) is 0.502. The molecule has 0 saturated heterocycles. The molecule has 0 aliphatic rings. The maximum atomic E-state index is 5.55. The van der Waals surface area contributed by atoms with Crippen LogP contribution in [0.1, 0.15) is 29.6 Å². The van der Waals surface area contributed by atoms with Crippen molar-refractivity contribution in [3.63, 3.8) is 0 Å². The first-order valence-corrected chi connectivity index (χ1v) is 7.65. The van der Waals surface area contributed by atoms with Gasteiger partial charge in [0.1, 0.15) is 11.6 Å². The Labute approximate surface area is 124 Å². The molecule has 0 aliphatic heterocycles. The number of anilines is 1. The Morgan fingerprint density at radius 3 is 2.60 bits per heavy atom. The zero-order valence-electron chi connectivity index (χ0n) is 12.1. The molecular weight excluding hydrogens is 268 g/mol. The van der Waals surface area contributed by atoms with Gasteiger partial charge < -0.3 is 5.43 Å². The van der Waals surface area contributed by atoms with Crippen LogP contribution in [0.25, 0.3) is 0 Å². The topological polar surface area (TPSA) is 63.8 Å². The highest BCUT2D eigenvalue weighted by molar-refractivity contribution is 7.98. The predicted molar refractivity (Wildman–Crippen MR) is 84.7 cm³/mol. The third-order valence-electron chi connectivity index (χ3n) is 3.20. The molecule has 0 unspecified atom stereocenters. The third kappa shape index (κ3) is 3.29. The second-order valence-electron chi connectivity index (χ2n) is 4.60. The number of hydrogen-bond donors (Lipinski definition) is 2. The molecule has 106 valence electrons. The molecule has 2 rings (SSSR count). The van der Waals surface area contributed by atoms with Gasteiger partial charge in [-0.05, 0) is 31.9 Å². The Morgan fingerprint density at radius 1 is 1.20 bits per heavy atom. The van der Waals surface area contributed by atoms with Gasteiger partial charge in [-0.1, -0.05) is 25.1 Å². The Balaban J connectivity index is 2.18. The molecule has 3 N–H and O–H groups in total. The number of nitrogen functional groups attached to an aromatic ring is 1. The van der Waals surface area contributed by atoms with Crippen LogP contribution in [0.4, 0.5) is 5.82 Å². The van der Waals surface area contributed by atoms with E-state index in [0.29, 0.717) is 0 Å². The number of nitrogens with two attached hydrogens (primary N) is 1. The van der Waals surface area contributed by atoms with Gasteiger partial charge in [0.05, 0.1) is 5.75 Å². The van der Waals surface area contributed by atoms with Crippen LogP contribution in [0.2, 0.25) is 0 Å². The highest BCUT2D eigenvalue weighted by Gasteiger charge is 2.10. The molecule has 2 aromatic rings. The van der Waals surface area contributed by atoms with Gasteiger partial charge in [0.15, 0.2) is 0 Å². The Bertz CT molecular complexity index is 598. The highest BCUT2D eigenvalue weighted by atomic mass is 32.2. The van der Waals surface area contributed by atoms with Crippen molar-refractivity contribution in [2.24, 2.45) is 5.84 Å². The van der Waals surface area contributed by atoms with E-state index in [4.69, 9.17) is 5.84 Å². The summed E-state index contributed by atoms with van der Waals surface area (Å²) in [6.45, 7) is 6.19. The van der Waals surface area contributed by atoms with E-state index in [1.54, 1.807) is 11.8 Å². The standard InChI is InChI=1S/C15H20N4S/c1-4-12-11(3)17-14(18-15(12)19-16)9-20-13-8-6-5-7-10(13)2/h5-8H,4,9,16H2,1-3H3,(H,17,18,19). The molecule has 0 amide bonds. The van der Waals surface area contributed by atoms with E-state index in [9.17, 15) is 0 Å². The van der Waals surface area contributed by atoms with E-state index in [1.165, 1.54) is 10.5 Å². The van der Waals surface area contributed by atoms with Crippen molar-refractivity contribution >= 4 is 17.6 Å². The summed E-state index contributed by atoms with van der Waals surface area (Å²) < 4.78 is 0. The van der Waals surface area contributed by atoms with Crippen LogP contribution in [-0.2, 0) is 12.2 Å². The minimum absolute atomic E-state index is 0.736. The maximum Gasteiger partial charge on any atom is 0.147 e. The summed E-state index contributed by atoms with van der Waals surface area (Å²) in [6, 6.07) is 8.33. The summed E-state index contributed by atoms with van der Waals surface area (Å²) in [7, 11) is 0. The Morgan fingerprint density at radius 2 is 1.95 bits per heavy atom. The van der Waals surface area contributed by atoms with E-state index in [2.05, 4.69) is 47.4 Å². The van der Waals surface area contributed by atoms with Crippen LogP contribution in [0, 0.1) is 13.8 Å². The van der Waals surface area contributed by atoms with E-state index in [1.807, 2.05) is 13.0 Å². The molecule has 0 aliphatic carbocycles. The number of nitrogens with zero attached hydrogens (tertiary/aromatic N) is 2. The molecule has 1 aromatic carbocycles. The SMILES string of the molecule is CCc1c(C)nc(CSc2ccccc2C)nc1NN. The van der Waals surface area contributed by atoms with Gasteiger partial charge in [-0.2, -0.15) is 0 Å². The molecule has 0 radical (unpaired) electrons. The fourth-order valence-electron chi connectivity index (χ4n) is 2.12. The monoisotopic (exact) mass is 288 g/mol. The third-order valence-corrected chi connectivity index (χ3v) is 4.37. The minimum Gasteiger partial charge on any atom is -0.308 e. The molecule has 5 heteroatoms. The number of rotatable bonds is 5. The molecule has 1 aromatic heterocycles. The van der Waals surface area contributed by atoms with Gasteiger partial charge in [0.2, 0.25) is 0 Å². The second-order valence-corrected chi connectivity index (χ2v) is 5.62. The van der Waals surface area contributed by atoms with Crippen molar-refractivity contribution in [2.75, 3.05) is 5.43 Å². The van der Waals surface area contributed by atoms with Gasteiger partial charge in [-0.3, -0.25) is 0 Å². The summed E-state index contributed by atoms with van der Waals surface area (Å²) in [6.07, 6.45) is 0.872. The summed E-state index contributed by atoms with van der Waals surface area (Å²) in [5.74, 6) is 7.83. The van der Waals surface area contributed by atoms with E-state index in [0.717, 1.165) is 35.1 Å². The van der Waals surface area contributed by atoms with Crippen LogP contribution in [0.5, 0.6) is 0 Å². The molecule has 0 atom stereocenters. The average Bonchev–Trinajstić information content (AvgIpc) is 2.45. The van der Waals surface area contributed by atoms with Crippen LogP contribution < -0.4 is 11.3 Å². The number of nitrogens with one attached hydrogen (secondary N) is 1. The van der Waals surface area contributed by atoms with Gasteiger partial charge in [-0.15, -0.1) is 11.8 Å². The van der Waals surface area contributed by atoms with Gasteiger partial charge in [0, 0.05) is 16.2 Å². The summed E-state index contributed by atoms with van der Waals surface area (Å²) in [4.78, 5) is 10.3. The number of hydrogen-bond acceptors (Lipinski definition) is 5. The Hall–Kier alpha value is -1.59. The molecule has 20 heavy (non-hydrogen) atoms. The smallest absolute Gasteiger partial charge is 0.147 e. The lowest BCUT2D eigenvalue weighted by Gasteiger charge is -2.11. The van der Waals surface area contributed by atoms with Crippen molar-refractivity contribution in [2.45, 2.75) is 37.8 Å². The van der Waals surface area contributed by atoms with E-state index >= 15 is 0 Å². The van der Waals surface area contributed by atoms with Crippen LogP contribution in [0.3, 0.4) is 0 Å². The average molecular weight is 288 g/mol. The fourth-order valence-corrected chi connectivity index (χ4v) is 3.01. The predicted octanol–water partition coefficient (Wildman–Crippen LogP) is 3.23. The largest absolute Gasteiger partial charge is 0.308 e. The molecule has 4 nitrogen and oxygen atoms in total. The number of benzene rings is 1. The lowest BCUT2D eigenvalue weighted by molar-refractivity contribution is 0.935. The first-order chi connectivity index (χ1) is 9.65. The lowest BCUT2D eigenvalue weighted by atomic mass is 10.2. The van der Waals surface area contributed by atoms with E-state index in [-0.39, 0.29) is 0 Å². The first-order valence-electron chi connectivity index (χ1n) is 6.67. The second kappa shape index (κ2) is 6.72. The zero-order chi connectivity index (χ0) is 14.5. The summed E-state index contributed by atoms with van der Waals surface area (Å²) in [5, 5.41) is 0. The van der Waals surface area contributed by atoms with Crippen molar-refractivity contribution in [1.29, 1.82) is 0 Å². The van der Waals surface area contributed by atoms with Gasteiger partial charge in [0.25, 0.3) is 0 Å². The molecule has 0 fully saturated rings. The normalized spacial score (nSPS) is 10.6. The summed E-state index contributed by atoms with van der Waals surface area (Å²) in [5.41, 5.74) is 6.03. The van der Waals surface area contributed by atoms with Crippen molar-refractivity contribution in [3.05, 3.63) is 46.9 Å². The van der Waals surface area contributed by atoms with Crippen molar-refractivity contribution in [3.8, 4) is 0 Å². The minimum atomic E-state index is 0.736. The molecular formula is C15H20N4S. The number of aryl methyl sites for hydroxylation is 2. The maximum absolute atomic E-state index is 5.55. The van der Waals surface area contributed by atoms with E-state index < -0.39 is 0 Å². The van der Waals surface area contributed by atoms with Crippen molar-refractivity contribution < 1.29 is 0 Å². The van der Waals surface area contributed by atoms with Crippen LogP contribution in [0.15, 0.2) is 29.2 Å². The molecule has 0 saturated carbocycles. The molecule has 1 heterocycles. The number of thioether (sulfide) groups is 1. The molecule has 0 spiro atoms. The first kappa shape index (κ1) is 14.8. The van der Waals surface area contributed by atoms with Crippen LogP contribution in [-0.4, -0.2) is 9.97 Å². The highest BCUT2D eigenvalue weighted by Crippen LogP contribution is 2.26. The lowest BCUT2D eigenvalue weighted by Crippen LogP contribution is -2.14. The fraction of sp³-hybridized carbons (Fsp3) is 0.333. The number of aromatic nitrogens is 2. The van der Waals surface area contributed by atoms with Gasteiger partial charge in [-0.25, -0.2) is 15.8 Å². The van der Waals surface area contributed by atoms with Crippen molar-refractivity contribution in [1.82, 2.24) is 9.97 Å². The van der Waals surface area contributed by atoms with Gasteiger partial charge >= 0.3 is 0 Å². The van der Waals surface area contributed by atoms with Crippen LogP contribution >= 0.6 is 11.8 Å². The summed E-state index contributed by atoms with van der Waals surface area (Å²) >= 11 is 1.75. The molecule has 0 bridgehead atoms.